The Morgan fingerprint density at radius 3 is 2.50 bits per heavy atom. The molecule has 0 aliphatic carbocycles. The average Bonchev–Trinajstić information content (AvgIpc) is 1.89. The van der Waals surface area contributed by atoms with Crippen LogP contribution in [0.15, 0.2) is 12.2 Å². The van der Waals surface area contributed by atoms with Crippen molar-refractivity contribution in [2.75, 3.05) is 6.26 Å². The Bertz CT molecular complexity index is 121. The molecule has 0 aliphatic heterocycles. The van der Waals surface area contributed by atoms with Gasteiger partial charge in [-0.25, -0.2) is 0 Å². The molecule has 0 heterocycles. The number of hydrogen-bond acceptors (Lipinski definition) is 3. The number of aliphatic hydroxyl groups is 1. The predicted molar refractivity (Wildman–Crippen MR) is 44.2 cm³/mol. The molecule has 0 aromatic carbocycles. The lowest BCUT2D eigenvalue weighted by atomic mass is 10.2. The second-order valence-electron chi connectivity index (χ2n) is 1.96. The number of hydrogen-bond donors (Lipinski definition) is 1. The molecular weight excluding hydrogens is 148 g/mol. The SMILES string of the molecule is CS[C@@H](/C=C/C=O)[C@@H](C)O. The summed E-state index contributed by atoms with van der Waals surface area (Å²) in [7, 11) is 0. The van der Waals surface area contributed by atoms with Gasteiger partial charge in [-0.1, -0.05) is 6.08 Å². The summed E-state index contributed by atoms with van der Waals surface area (Å²) in [6.45, 7) is 1.70. The van der Waals surface area contributed by atoms with Gasteiger partial charge in [0.2, 0.25) is 0 Å². The summed E-state index contributed by atoms with van der Waals surface area (Å²) in [6, 6.07) is 0. The normalized spacial score (nSPS) is 17.1. The summed E-state index contributed by atoms with van der Waals surface area (Å²) < 4.78 is 0. The summed E-state index contributed by atoms with van der Waals surface area (Å²) in [6.07, 6.45) is 5.32. The van der Waals surface area contributed by atoms with Crippen LogP contribution in [0.1, 0.15) is 6.92 Å². The minimum Gasteiger partial charge on any atom is -0.392 e. The number of aldehydes is 1. The van der Waals surface area contributed by atoms with E-state index in [0.29, 0.717) is 6.29 Å². The van der Waals surface area contributed by atoms with Crippen molar-refractivity contribution in [2.45, 2.75) is 18.3 Å². The van der Waals surface area contributed by atoms with Crippen molar-refractivity contribution in [3.63, 3.8) is 0 Å². The minimum absolute atomic E-state index is 0.0326. The fourth-order valence-corrected chi connectivity index (χ4v) is 1.23. The van der Waals surface area contributed by atoms with Gasteiger partial charge in [0, 0.05) is 5.25 Å². The van der Waals surface area contributed by atoms with E-state index in [-0.39, 0.29) is 5.25 Å². The van der Waals surface area contributed by atoms with Crippen LogP contribution in [0.25, 0.3) is 0 Å². The average molecular weight is 160 g/mol. The minimum atomic E-state index is -0.397. The zero-order valence-electron chi connectivity index (χ0n) is 6.15. The highest BCUT2D eigenvalue weighted by Gasteiger charge is 2.07. The van der Waals surface area contributed by atoms with Gasteiger partial charge in [0.05, 0.1) is 6.10 Å². The summed E-state index contributed by atoms with van der Waals surface area (Å²) in [5.74, 6) is 0. The molecule has 0 rings (SSSR count). The monoisotopic (exact) mass is 160 g/mol. The maximum atomic E-state index is 9.87. The van der Waals surface area contributed by atoms with Crippen molar-refractivity contribution >= 4 is 18.0 Å². The zero-order valence-corrected chi connectivity index (χ0v) is 6.97. The second-order valence-corrected chi connectivity index (χ2v) is 2.98. The Labute approximate surface area is 65.3 Å². The Hall–Kier alpha value is -0.280. The number of aliphatic hydroxyl groups excluding tert-OH is 1. The van der Waals surface area contributed by atoms with Crippen LogP contribution in [0.5, 0.6) is 0 Å². The first-order valence-electron chi connectivity index (χ1n) is 3.05. The number of rotatable bonds is 4. The van der Waals surface area contributed by atoms with Crippen molar-refractivity contribution in [2.24, 2.45) is 0 Å². The molecule has 3 heteroatoms. The van der Waals surface area contributed by atoms with Crippen LogP contribution in [0.4, 0.5) is 0 Å². The molecule has 0 fully saturated rings. The van der Waals surface area contributed by atoms with Gasteiger partial charge in [0.25, 0.3) is 0 Å². The summed E-state index contributed by atoms with van der Waals surface area (Å²) >= 11 is 1.52. The van der Waals surface area contributed by atoms with E-state index in [1.54, 1.807) is 13.0 Å². The molecule has 0 aromatic heterocycles. The van der Waals surface area contributed by atoms with Gasteiger partial charge in [0.1, 0.15) is 6.29 Å². The highest BCUT2D eigenvalue weighted by Crippen LogP contribution is 2.11. The number of thioether (sulfide) groups is 1. The van der Waals surface area contributed by atoms with E-state index in [0.717, 1.165) is 0 Å². The van der Waals surface area contributed by atoms with Crippen molar-refractivity contribution < 1.29 is 9.90 Å². The van der Waals surface area contributed by atoms with Crippen LogP contribution in [-0.2, 0) is 4.79 Å². The fraction of sp³-hybridized carbons (Fsp3) is 0.571. The highest BCUT2D eigenvalue weighted by atomic mass is 32.2. The Kier molecular flexibility index (Phi) is 5.35. The molecule has 0 saturated carbocycles. The molecule has 0 saturated heterocycles. The summed E-state index contributed by atoms with van der Waals surface area (Å²) in [5.41, 5.74) is 0. The Morgan fingerprint density at radius 2 is 2.20 bits per heavy atom. The summed E-state index contributed by atoms with van der Waals surface area (Å²) in [5, 5.41) is 9.08. The largest absolute Gasteiger partial charge is 0.392 e. The lowest BCUT2D eigenvalue weighted by Gasteiger charge is -2.11. The van der Waals surface area contributed by atoms with E-state index < -0.39 is 6.10 Å². The highest BCUT2D eigenvalue weighted by molar-refractivity contribution is 7.99. The van der Waals surface area contributed by atoms with E-state index in [2.05, 4.69) is 0 Å². The number of carbonyl (C=O) groups is 1. The van der Waals surface area contributed by atoms with Crippen LogP contribution in [-0.4, -0.2) is 29.0 Å². The molecule has 0 aliphatic rings. The maximum Gasteiger partial charge on any atom is 0.142 e. The molecule has 0 aromatic rings. The van der Waals surface area contributed by atoms with Crippen molar-refractivity contribution in [1.29, 1.82) is 0 Å². The number of carbonyl (C=O) groups excluding carboxylic acids is 1. The smallest absolute Gasteiger partial charge is 0.142 e. The van der Waals surface area contributed by atoms with Gasteiger partial charge in [-0.15, -0.1) is 0 Å². The topological polar surface area (TPSA) is 37.3 Å². The Morgan fingerprint density at radius 1 is 1.60 bits per heavy atom. The van der Waals surface area contributed by atoms with Gasteiger partial charge in [0.15, 0.2) is 0 Å². The van der Waals surface area contributed by atoms with Gasteiger partial charge in [-0.05, 0) is 19.3 Å². The maximum absolute atomic E-state index is 9.87. The van der Waals surface area contributed by atoms with Crippen LogP contribution in [0.3, 0.4) is 0 Å². The van der Waals surface area contributed by atoms with Gasteiger partial charge >= 0.3 is 0 Å². The molecular formula is C7H12O2S. The molecule has 2 atom stereocenters. The molecule has 0 spiro atoms. The van der Waals surface area contributed by atoms with Crippen molar-refractivity contribution in [3.8, 4) is 0 Å². The first kappa shape index (κ1) is 9.72. The summed E-state index contributed by atoms with van der Waals surface area (Å²) in [4.78, 5) is 9.87. The quantitative estimate of drug-likeness (QED) is 0.489. The second kappa shape index (κ2) is 5.50. The zero-order chi connectivity index (χ0) is 7.98. The van der Waals surface area contributed by atoms with Crippen LogP contribution >= 0.6 is 11.8 Å². The third kappa shape index (κ3) is 3.69. The molecule has 58 valence electrons. The van der Waals surface area contributed by atoms with Crippen LogP contribution in [0.2, 0.25) is 0 Å². The third-order valence-electron chi connectivity index (χ3n) is 1.13. The third-order valence-corrected chi connectivity index (χ3v) is 2.22. The molecule has 10 heavy (non-hydrogen) atoms. The van der Waals surface area contributed by atoms with Crippen molar-refractivity contribution in [3.05, 3.63) is 12.2 Å². The molecule has 0 unspecified atom stereocenters. The number of allylic oxidation sites excluding steroid dienone is 1. The Balaban J connectivity index is 3.82. The molecule has 0 amide bonds. The molecule has 0 radical (unpaired) electrons. The van der Waals surface area contributed by atoms with Crippen LogP contribution in [0, 0.1) is 0 Å². The van der Waals surface area contributed by atoms with E-state index in [9.17, 15) is 4.79 Å². The first-order chi connectivity index (χ1) is 4.72. The van der Waals surface area contributed by atoms with E-state index >= 15 is 0 Å². The van der Waals surface area contributed by atoms with E-state index in [4.69, 9.17) is 5.11 Å². The standard InChI is InChI=1S/C7H12O2S/c1-6(9)7(10-2)4-3-5-8/h3-7,9H,1-2H3/b4-3+/t6-,7+/m1/s1. The van der Waals surface area contributed by atoms with Crippen LogP contribution < -0.4 is 0 Å². The molecule has 1 N–H and O–H groups in total. The van der Waals surface area contributed by atoms with Gasteiger partial charge in [-0.3, -0.25) is 4.79 Å². The fourth-order valence-electron chi connectivity index (χ4n) is 0.591. The molecule has 2 nitrogen and oxygen atoms in total. The lowest BCUT2D eigenvalue weighted by Crippen LogP contribution is -2.16. The molecule has 0 bridgehead atoms. The predicted octanol–water partition coefficient (Wildman–Crippen LogP) is 0.854. The van der Waals surface area contributed by atoms with E-state index in [1.165, 1.54) is 17.8 Å². The van der Waals surface area contributed by atoms with E-state index in [1.807, 2.05) is 6.26 Å². The van der Waals surface area contributed by atoms with Gasteiger partial charge in [-0.2, -0.15) is 11.8 Å². The van der Waals surface area contributed by atoms with Gasteiger partial charge < -0.3 is 5.11 Å². The lowest BCUT2D eigenvalue weighted by molar-refractivity contribution is -0.104. The van der Waals surface area contributed by atoms with Crippen molar-refractivity contribution in [1.82, 2.24) is 0 Å². The first-order valence-corrected chi connectivity index (χ1v) is 4.34.